The lowest BCUT2D eigenvalue weighted by atomic mass is 9.82. The molecule has 28 heavy (non-hydrogen) atoms. The molecule has 0 bridgehead atoms. The van der Waals surface area contributed by atoms with Crippen LogP contribution in [0, 0.1) is 0 Å². The van der Waals surface area contributed by atoms with Crippen molar-refractivity contribution in [3.05, 3.63) is 57.8 Å². The quantitative estimate of drug-likeness (QED) is 0.821. The molecule has 2 amide bonds. The third-order valence-electron chi connectivity index (χ3n) is 6.09. The van der Waals surface area contributed by atoms with Gasteiger partial charge in [0.15, 0.2) is 0 Å². The third-order valence-corrected chi connectivity index (χ3v) is 7.11. The lowest BCUT2D eigenvalue weighted by molar-refractivity contribution is -0.134. The summed E-state index contributed by atoms with van der Waals surface area (Å²) < 4.78 is 0. The van der Waals surface area contributed by atoms with E-state index in [-0.39, 0.29) is 17.9 Å². The number of amides is 2. The summed E-state index contributed by atoms with van der Waals surface area (Å²) >= 11 is 1.77. The molecule has 1 saturated carbocycles. The molecule has 0 radical (unpaired) electrons. The van der Waals surface area contributed by atoms with E-state index in [0.29, 0.717) is 25.3 Å². The highest BCUT2D eigenvalue weighted by Crippen LogP contribution is 2.32. The number of fused-ring (bicyclic) bond motifs is 1. The molecule has 4 rings (SSSR count). The Morgan fingerprint density at radius 3 is 2.61 bits per heavy atom. The number of thiophene rings is 1. The lowest BCUT2D eigenvalue weighted by Gasteiger charge is -2.29. The second kappa shape index (κ2) is 8.91. The molecule has 0 spiro atoms. The molecular weight excluding hydrogens is 368 g/mol. The van der Waals surface area contributed by atoms with Crippen LogP contribution in [0.1, 0.15) is 60.4 Å². The molecule has 5 heteroatoms. The van der Waals surface area contributed by atoms with Crippen molar-refractivity contribution in [3.8, 4) is 0 Å². The van der Waals surface area contributed by atoms with Crippen molar-refractivity contribution >= 4 is 23.2 Å². The molecule has 1 N–H and O–H groups in total. The van der Waals surface area contributed by atoms with E-state index < -0.39 is 0 Å². The summed E-state index contributed by atoms with van der Waals surface area (Å²) in [5.74, 6) is 0.724. The van der Waals surface area contributed by atoms with Gasteiger partial charge in [-0.1, -0.05) is 30.3 Å². The van der Waals surface area contributed by atoms with Crippen LogP contribution in [-0.4, -0.2) is 29.3 Å². The van der Waals surface area contributed by atoms with Gasteiger partial charge in [0.1, 0.15) is 0 Å². The summed E-state index contributed by atoms with van der Waals surface area (Å²) in [6, 6.07) is 13.0. The predicted molar refractivity (Wildman–Crippen MR) is 112 cm³/mol. The number of hydrogen-bond donors (Lipinski definition) is 1. The van der Waals surface area contributed by atoms with Crippen LogP contribution in [0.5, 0.6) is 0 Å². The molecule has 1 aliphatic carbocycles. The van der Waals surface area contributed by atoms with E-state index >= 15 is 0 Å². The number of hydrogen-bond acceptors (Lipinski definition) is 3. The van der Waals surface area contributed by atoms with Crippen molar-refractivity contribution in [1.29, 1.82) is 0 Å². The minimum Gasteiger partial charge on any atom is -0.353 e. The smallest absolute Gasteiger partial charge is 0.223 e. The Morgan fingerprint density at radius 2 is 1.82 bits per heavy atom. The SMILES string of the molecule is O=C(CCC(=O)N1CCc2sccc2C1)NC1CCC(c2ccccc2)CC1. The highest BCUT2D eigenvalue weighted by molar-refractivity contribution is 7.10. The van der Waals surface area contributed by atoms with Crippen molar-refractivity contribution in [2.75, 3.05) is 6.54 Å². The van der Waals surface area contributed by atoms with E-state index in [9.17, 15) is 9.59 Å². The molecule has 0 atom stereocenters. The first-order valence-electron chi connectivity index (χ1n) is 10.4. The Hall–Kier alpha value is -2.14. The maximum Gasteiger partial charge on any atom is 0.223 e. The van der Waals surface area contributed by atoms with E-state index in [4.69, 9.17) is 0 Å². The molecule has 1 aromatic heterocycles. The van der Waals surface area contributed by atoms with Crippen LogP contribution in [0.4, 0.5) is 0 Å². The van der Waals surface area contributed by atoms with Crippen LogP contribution >= 0.6 is 11.3 Å². The Bertz CT molecular complexity index is 809. The van der Waals surface area contributed by atoms with Gasteiger partial charge in [-0.3, -0.25) is 9.59 Å². The fourth-order valence-corrected chi connectivity index (χ4v) is 5.33. The van der Waals surface area contributed by atoms with Crippen LogP contribution in [-0.2, 0) is 22.6 Å². The molecule has 2 aromatic rings. The maximum atomic E-state index is 12.5. The molecule has 1 aliphatic heterocycles. The van der Waals surface area contributed by atoms with Gasteiger partial charge < -0.3 is 10.2 Å². The van der Waals surface area contributed by atoms with Crippen molar-refractivity contribution in [3.63, 3.8) is 0 Å². The first kappa shape index (κ1) is 19.2. The van der Waals surface area contributed by atoms with Crippen molar-refractivity contribution in [1.82, 2.24) is 10.2 Å². The van der Waals surface area contributed by atoms with Crippen molar-refractivity contribution in [2.24, 2.45) is 0 Å². The third kappa shape index (κ3) is 4.64. The summed E-state index contributed by atoms with van der Waals surface area (Å²) in [5, 5.41) is 5.25. The Balaban J connectivity index is 1.18. The highest BCUT2D eigenvalue weighted by atomic mass is 32.1. The number of carbonyl (C=O) groups is 2. The number of rotatable bonds is 5. The fraction of sp³-hybridized carbons (Fsp3) is 0.478. The predicted octanol–water partition coefficient (Wildman–Crippen LogP) is 4.26. The number of nitrogens with one attached hydrogen (secondary N) is 1. The van der Waals surface area contributed by atoms with Gasteiger partial charge >= 0.3 is 0 Å². The van der Waals surface area contributed by atoms with E-state index in [1.54, 1.807) is 11.3 Å². The van der Waals surface area contributed by atoms with Gasteiger partial charge in [-0.25, -0.2) is 0 Å². The van der Waals surface area contributed by atoms with Crippen LogP contribution in [0.2, 0.25) is 0 Å². The van der Waals surface area contributed by atoms with E-state index in [1.165, 1.54) is 16.0 Å². The zero-order valence-corrected chi connectivity index (χ0v) is 17.0. The van der Waals surface area contributed by atoms with Crippen molar-refractivity contribution in [2.45, 2.75) is 63.5 Å². The van der Waals surface area contributed by atoms with Crippen LogP contribution in [0.25, 0.3) is 0 Å². The summed E-state index contributed by atoms with van der Waals surface area (Å²) in [6.45, 7) is 1.47. The van der Waals surface area contributed by atoms with Gasteiger partial charge in [-0.15, -0.1) is 11.3 Å². The molecule has 4 nitrogen and oxygen atoms in total. The Labute approximate surface area is 170 Å². The first-order valence-corrected chi connectivity index (χ1v) is 11.2. The van der Waals surface area contributed by atoms with Crippen LogP contribution in [0.15, 0.2) is 41.8 Å². The monoisotopic (exact) mass is 396 g/mol. The molecule has 2 heterocycles. The van der Waals surface area contributed by atoms with Gasteiger partial charge in [0.05, 0.1) is 0 Å². The summed E-state index contributed by atoms with van der Waals surface area (Å²) in [4.78, 5) is 28.1. The molecular formula is C23H28N2O2S. The molecule has 2 aliphatic rings. The van der Waals surface area contributed by atoms with Crippen molar-refractivity contribution < 1.29 is 9.59 Å². The normalized spacial score (nSPS) is 21.8. The van der Waals surface area contributed by atoms with Gasteiger partial charge in [-0.05, 0) is 60.6 Å². The highest BCUT2D eigenvalue weighted by Gasteiger charge is 2.25. The maximum absolute atomic E-state index is 12.5. The van der Waals surface area contributed by atoms with Crippen LogP contribution < -0.4 is 5.32 Å². The lowest BCUT2D eigenvalue weighted by Crippen LogP contribution is -2.39. The summed E-state index contributed by atoms with van der Waals surface area (Å²) in [7, 11) is 0. The molecule has 1 aromatic carbocycles. The summed E-state index contributed by atoms with van der Waals surface area (Å²) in [5.41, 5.74) is 2.68. The molecule has 148 valence electrons. The topological polar surface area (TPSA) is 49.4 Å². The van der Waals surface area contributed by atoms with E-state index in [2.05, 4.69) is 47.1 Å². The minimum atomic E-state index is 0.0183. The summed E-state index contributed by atoms with van der Waals surface area (Å²) in [6.07, 6.45) is 5.82. The van der Waals surface area contributed by atoms with Gasteiger partial charge in [0.2, 0.25) is 11.8 Å². The zero-order chi connectivity index (χ0) is 19.3. The second-order valence-corrected chi connectivity index (χ2v) is 8.96. The Kier molecular flexibility index (Phi) is 6.10. The standard InChI is InChI=1S/C23H28N2O2S/c26-22(10-11-23(27)25-14-12-21-19(16-25)13-15-28-21)24-20-8-6-18(7-9-20)17-4-2-1-3-5-17/h1-5,13,15,18,20H,6-12,14,16H2,(H,24,26). The minimum absolute atomic E-state index is 0.0183. The van der Waals surface area contributed by atoms with Crippen LogP contribution in [0.3, 0.4) is 0 Å². The van der Waals surface area contributed by atoms with Gasteiger partial charge in [0, 0.05) is 36.9 Å². The number of benzene rings is 1. The number of nitrogens with zero attached hydrogens (tertiary/aromatic N) is 1. The zero-order valence-electron chi connectivity index (χ0n) is 16.2. The largest absolute Gasteiger partial charge is 0.353 e. The van der Waals surface area contributed by atoms with E-state index in [1.807, 2.05) is 4.90 Å². The Morgan fingerprint density at radius 1 is 1.04 bits per heavy atom. The molecule has 1 fully saturated rings. The molecule has 0 unspecified atom stereocenters. The van der Waals surface area contributed by atoms with Gasteiger partial charge in [0.25, 0.3) is 0 Å². The molecule has 0 saturated heterocycles. The number of carbonyl (C=O) groups excluding carboxylic acids is 2. The first-order chi connectivity index (χ1) is 13.7. The van der Waals surface area contributed by atoms with E-state index in [0.717, 1.165) is 38.6 Å². The second-order valence-electron chi connectivity index (χ2n) is 7.96. The average Bonchev–Trinajstić information content (AvgIpc) is 3.21. The average molecular weight is 397 g/mol. The fourth-order valence-electron chi connectivity index (χ4n) is 4.44. The van der Waals surface area contributed by atoms with Gasteiger partial charge in [-0.2, -0.15) is 0 Å².